The molecule has 0 saturated carbocycles. The van der Waals surface area contributed by atoms with Crippen LogP contribution in [-0.4, -0.2) is 29.0 Å². The quantitative estimate of drug-likeness (QED) is 0.596. The monoisotopic (exact) mass is 224 g/mol. The number of imidazole rings is 1. The summed E-state index contributed by atoms with van der Waals surface area (Å²) in [6, 6.07) is 0. The first kappa shape index (κ1) is 12.7. The highest BCUT2D eigenvalue weighted by Gasteiger charge is 2.04. The Balaban J connectivity index is 1.94. The van der Waals surface area contributed by atoms with Gasteiger partial charge in [-0.1, -0.05) is 13.8 Å². The molecule has 0 atom stereocenters. The van der Waals surface area contributed by atoms with Gasteiger partial charge in [0.05, 0.1) is 6.33 Å². The number of amides is 1. The number of rotatable bonds is 7. The second kappa shape index (κ2) is 7.00. The van der Waals surface area contributed by atoms with E-state index in [1.807, 2.05) is 13.8 Å². The number of hydrogen-bond donors (Lipinski definition) is 3. The van der Waals surface area contributed by atoms with Crippen LogP contribution < -0.4 is 10.6 Å². The van der Waals surface area contributed by atoms with Gasteiger partial charge >= 0.3 is 0 Å². The lowest BCUT2D eigenvalue weighted by atomic mass is 10.2. The Hall–Kier alpha value is -1.36. The first-order valence-corrected chi connectivity index (χ1v) is 5.66. The molecule has 0 aliphatic carbocycles. The van der Waals surface area contributed by atoms with E-state index in [9.17, 15) is 4.79 Å². The number of H-pyrrole nitrogens is 1. The van der Waals surface area contributed by atoms with E-state index < -0.39 is 0 Å². The van der Waals surface area contributed by atoms with Gasteiger partial charge in [0.25, 0.3) is 0 Å². The summed E-state index contributed by atoms with van der Waals surface area (Å²) in [4.78, 5) is 18.2. The van der Waals surface area contributed by atoms with Crippen molar-refractivity contribution in [3.05, 3.63) is 18.2 Å². The van der Waals surface area contributed by atoms with E-state index in [-0.39, 0.29) is 11.8 Å². The maximum Gasteiger partial charge on any atom is 0.222 e. The Labute approximate surface area is 96.0 Å². The Bertz CT molecular complexity index is 295. The van der Waals surface area contributed by atoms with Crippen LogP contribution in [-0.2, 0) is 11.3 Å². The van der Waals surface area contributed by atoms with E-state index in [0.717, 1.165) is 31.7 Å². The van der Waals surface area contributed by atoms with Gasteiger partial charge in [-0.15, -0.1) is 0 Å². The minimum atomic E-state index is 0.0675. The number of nitrogens with zero attached hydrogens (tertiary/aromatic N) is 1. The number of hydrogen-bond acceptors (Lipinski definition) is 3. The first-order valence-electron chi connectivity index (χ1n) is 5.66. The van der Waals surface area contributed by atoms with E-state index in [4.69, 9.17) is 0 Å². The molecule has 5 heteroatoms. The molecule has 1 aromatic heterocycles. The minimum absolute atomic E-state index is 0.0675. The fourth-order valence-electron chi connectivity index (χ4n) is 1.23. The van der Waals surface area contributed by atoms with Crippen LogP contribution in [0.3, 0.4) is 0 Å². The molecular formula is C11H20N4O. The van der Waals surface area contributed by atoms with Gasteiger partial charge in [0.2, 0.25) is 5.91 Å². The molecule has 1 amide bonds. The summed E-state index contributed by atoms with van der Waals surface area (Å²) in [7, 11) is 0. The molecule has 90 valence electrons. The van der Waals surface area contributed by atoms with E-state index in [1.54, 1.807) is 12.5 Å². The summed E-state index contributed by atoms with van der Waals surface area (Å²) >= 11 is 0. The van der Waals surface area contributed by atoms with Crippen LogP contribution in [0.1, 0.15) is 26.0 Å². The van der Waals surface area contributed by atoms with Crippen molar-refractivity contribution in [2.45, 2.75) is 26.8 Å². The second-order valence-corrected chi connectivity index (χ2v) is 4.05. The van der Waals surface area contributed by atoms with Crippen molar-refractivity contribution in [1.82, 2.24) is 20.6 Å². The lowest BCUT2D eigenvalue weighted by Crippen LogP contribution is -2.30. The van der Waals surface area contributed by atoms with Gasteiger partial charge in [0.15, 0.2) is 0 Å². The molecular weight excluding hydrogens is 204 g/mol. The second-order valence-electron chi connectivity index (χ2n) is 4.05. The predicted molar refractivity (Wildman–Crippen MR) is 62.8 cm³/mol. The van der Waals surface area contributed by atoms with Crippen LogP contribution >= 0.6 is 0 Å². The molecule has 5 nitrogen and oxygen atoms in total. The van der Waals surface area contributed by atoms with E-state index >= 15 is 0 Å². The predicted octanol–water partition coefficient (Wildman–Crippen LogP) is 0.662. The molecule has 0 spiro atoms. The van der Waals surface area contributed by atoms with Crippen molar-refractivity contribution in [2.24, 2.45) is 5.92 Å². The summed E-state index contributed by atoms with van der Waals surface area (Å²) in [6.07, 6.45) is 4.40. The van der Waals surface area contributed by atoms with Gasteiger partial charge in [0.1, 0.15) is 0 Å². The van der Waals surface area contributed by atoms with Crippen LogP contribution in [0.25, 0.3) is 0 Å². The molecule has 3 N–H and O–H groups in total. The van der Waals surface area contributed by atoms with Crippen molar-refractivity contribution < 1.29 is 4.79 Å². The summed E-state index contributed by atoms with van der Waals surface area (Å²) in [5, 5.41) is 6.14. The summed E-state index contributed by atoms with van der Waals surface area (Å²) in [5.74, 6) is 0.187. The number of carbonyl (C=O) groups is 1. The highest BCUT2D eigenvalue weighted by atomic mass is 16.1. The molecule has 0 saturated heterocycles. The Morgan fingerprint density at radius 3 is 2.94 bits per heavy atom. The third-order valence-electron chi connectivity index (χ3n) is 2.22. The third-order valence-corrected chi connectivity index (χ3v) is 2.22. The number of carbonyl (C=O) groups excluding carboxylic acids is 1. The van der Waals surface area contributed by atoms with E-state index in [1.165, 1.54) is 0 Å². The number of aromatic amines is 1. The molecule has 16 heavy (non-hydrogen) atoms. The van der Waals surface area contributed by atoms with Gasteiger partial charge in [0, 0.05) is 30.9 Å². The zero-order valence-corrected chi connectivity index (χ0v) is 9.92. The van der Waals surface area contributed by atoms with Gasteiger partial charge < -0.3 is 15.6 Å². The fourth-order valence-corrected chi connectivity index (χ4v) is 1.23. The summed E-state index contributed by atoms with van der Waals surface area (Å²) in [6.45, 7) is 6.19. The lowest BCUT2D eigenvalue weighted by molar-refractivity contribution is -0.123. The topological polar surface area (TPSA) is 69.8 Å². The number of aromatic nitrogens is 2. The fraction of sp³-hybridized carbons (Fsp3) is 0.636. The molecule has 0 fully saturated rings. The highest BCUT2D eigenvalue weighted by Crippen LogP contribution is 1.91. The molecule has 0 aliphatic rings. The van der Waals surface area contributed by atoms with Crippen LogP contribution in [0.2, 0.25) is 0 Å². The average molecular weight is 224 g/mol. The summed E-state index contributed by atoms with van der Waals surface area (Å²) in [5.41, 5.74) is 1.08. The molecule has 0 bridgehead atoms. The summed E-state index contributed by atoms with van der Waals surface area (Å²) < 4.78 is 0. The van der Waals surface area contributed by atoms with Gasteiger partial charge in [-0.05, 0) is 13.0 Å². The molecule has 0 aromatic carbocycles. The highest BCUT2D eigenvalue weighted by molar-refractivity contribution is 5.77. The van der Waals surface area contributed by atoms with Crippen molar-refractivity contribution in [1.29, 1.82) is 0 Å². The van der Waals surface area contributed by atoms with Gasteiger partial charge in [-0.25, -0.2) is 4.98 Å². The Morgan fingerprint density at radius 1 is 1.50 bits per heavy atom. The normalized spacial score (nSPS) is 10.7. The van der Waals surface area contributed by atoms with Crippen molar-refractivity contribution in [2.75, 3.05) is 13.1 Å². The van der Waals surface area contributed by atoms with Crippen LogP contribution in [0.15, 0.2) is 12.5 Å². The van der Waals surface area contributed by atoms with E-state index in [0.29, 0.717) is 0 Å². The Kier molecular flexibility index (Phi) is 5.56. The smallest absolute Gasteiger partial charge is 0.222 e. The maximum absolute atomic E-state index is 11.2. The standard InChI is InChI=1S/C11H20N4O/c1-9(2)11(16)14-5-3-4-12-6-10-7-13-8-15-10/h7-9,12H,3-6H2,1-2H3,(H,13,15)(H,14,16). The molecule has 0 radical (unpaired) electrons. The number of nitrogens with one attached hydrogen (secondary N) is 3. The first-order chi connectivity index (χ1) is 7.70. The lowest BCUT2D eigenvalue weighted by Gasteiger charge is -2.07. The van der Waals surface area contributed by atoms with Gasteiger partial charge in [-0.2, -0.15) is 0 Å². The minimum Gasteiger partial charge on any atom is -0.356 e. The molecule has 1 rings (SSSR count). The molecule has 1 heterocycles. The maximum atomic E-state index is 11.2. The van der Waals surface area contributed by atoms with Crippen molar-refractivity contribution in [3.63, 3.8) is 0 Å². The van der Waals surface area contributed by atoms with E-state index in [2.05, 4.69) is 20.6 Å². The van der Waals surface area contributed by atoms with Gasteiger partial charge in [-0.3, -0.25) is 4.79 Å². The largest absolute Gasteiger partial charge is 0.356 e. The van der Waals surface area contributed by atoms with Crippen LogP contribution in [0, 0.1) is 5.92 Å². The molecule has 1 aromatic rings. The average Bonchev–Trinajstić information content (AvgIpc) is 2.75. The zero-order chi connectivity index (χ0) is 11.8. The van der Waals surface area contributed by atoms with Crippen LogP contribution in [0.4, 0.5) is 0 Å². The molecule has 0 unspecified atom stereocenters. The van der Waals surface area contributed by atoms with Crippen molar-refractivity contribution in [3.8, 4) is 0 Å². The Morgan fingerprint density at radius 2 is 2.31 bits per heavy atom. The SMILES string of the molecule is CC(C)C(=O)NCCCNCc1cnc[nH]1. The molecule has 0 aliphatic heterocycles. The third kappa shape index (κ3) is 4.93. The van der Waals surface area contributed by atoms with Crippen LogP contribution in [0.5, 0.6) is 0 Å². The van der Waals surface area contributed by atoms with Crippen molar-refractivity contribution >= 4 is 5.91 Å². The zero-order valence-electron chi connectivity index (χ0n) is 9.92.